The van der Waals surface area contributed by atoms with Crippen LogP contribution in [0.2, 0.25) is 5.02 Å². The van der Waals surface area contributed by atoms with Crippen molar-refractivity contribution in [2.45, 2.75) is 0 Å². The van der Waals surface area contributed by atoms with Gasteiger partial charge >= 0.3 is 5.97 Å². The molecule has 0 spiro atoms. The molecule has 0 aromatic heterocycles. The average Bonchev–Trinajstić information content (AvgIpc) is 2.03. The molecule has 0 aliphatic rings. The molecular formula is C9H6BrClO2. The van der Waals surface area contributed by atoms with Gasteiger partial charge in [-0.05, 0) is 12.1 Å². The van der Waals surface area contributed by atoms with Gasteiger partial charge in [-0.1, -0.05) is 40.2 Å². The lowest BCUT2D eigenvalue weighted by Crippen LogP contribution is -1.98. The first-order valence-electron chi connectivity index (χ1n) is 3.40. The first-order chi connectivity index (χ1) is 6.02. The van der Waals surface area contributed by atoms with Gasteiger partial charge in [0.2, 0.25) is 0 Å². The molecule has 2 nitrogen and oxygen atoms in total. The highest BCUT2D eigenvalue weighted by molar-refractivity contribution is 9.10. The Hall–Kier alpha value is -0.800. The summed E-state index contributed by atoms with van der Waals surface area (Å²) in [5.74, 6) is -1.04. The van der Waals surface area contributed by atoms with E-state index >= 15 is 0 Å². The number of rotatable bonds is 2. The molecule has 0 unspecified atom stereocenters. The first kappa shape index (κ1) is 10.3. The van der Waals surface area contributed by atoms with Crippen molar-refractivity contribution in [2.75, 3.05) is 0 Å². The van der Waals surface area contributed by atoms with E-state index in [9.17, 15) is 4.79 Å². The van der Waals surface area contributed by atoms with Crippen LogP contribution in [-0.4, -0.2) is 11.1 Å². The number of hydrogen-bond donors (Lipinski definition) is 1. The summed E-state index contributed by atoms with van der Waals surface area (Å²) >= 11 is 8.90. The monoisotopic (exact) mass is 260 g/mol. The molecule has 68 valence electrons. The molecular weight excluding hydrogens is 255 g/mol. The highest BCUT2D eigenvalue weighted by Gasteiger charge is 2.10. The minimum Gasteiger partial charge on any atom is -0.478 e. The Morgan fingerprint density at radius 2 is 2.15 bits per heavy atom. The Balaban J connectivity index is 3.16. The molecule has 1 aromatic carbocycles. The Bertz CT molecular complexity index is 374. The van der Waals surface area contributed by atoms with Gasteiger partial charge in [-0.15, -0.1) is 0 Å². The van der Waals surface area contributed by atoms with Crippen molar-refractivity contribution >= 4 is 39.1 Å². The zero-order valence-electron chi connectivity index (χ0n) is 6.55. The molecule has 0 bridgehead atoms. The molecule has 0 saturated carbocycles. The Morgan fingerprint density at radius 1 is 1.54 bits per heavy atom. The van der Waals surface area contributed by atoms with Gasteiger partial charge in [-0.3, -0.25) is 0 Å². The van der Waals surface area contributed by atoms with Crippen LogP contribution in [0.15, 0.2) is 29.3 Å². The number of carboxylic acids is 1. The highest BCUT2D eigenvalue weighted by atomic mass is 79.9. The van der Waals surface area contributed by atoms with E-state index in [1.54, 1.807) is 18.2 Å². The van der Waals surface area contributed by atoms with Gasteiger partial charge in [-0.2, -0.15) is 0 Å². The molecule has 0 aliphatic carbocycles. The molecule has 13 heavy (non-hydrogen) atoms. The number of carboxylic acid groups (broad SMARTS) is 1. The molecule has 0 radical (unpaired) electrons. The quantitative estimate of drug-likeness (QED) is 0.830. The predicted octanol–water partition coefficient (Wildman–Crippen LogP) is 3.20. The van der Waals surface area contributed by atoms with E-state index in [-0.39, 0.29) is 5.57 Å². The lowest BCUT2D eigenvalue weighted by molar-refractivity contribution is -0.130. The largest absolute Gasteiger partial charge is 0.478 e. The summed E-state index contributed by atoms with van der Waals surface area (Å²) in [5.41, 5.74) is 0.584. The lowest BCUT2D eigenvalue weighted by Gasteiger charge is -2.03. The van der Waals surface area contributed by atoms with E-state index in [0.29, 0.717) is 15.1 Å². The number of carbonyl (C=O) groups is 1. The van der Waals surface area contributed by atoms with E-state index in [4.69, 9.17) is 16.7 Å². The van der Waals surface area contributed by atoms with Crippen LogP contribution < -0.4 is 0 Å². The Morgan fingerprint density at radius 3 is 2.62 bits per heavy atom. The van der Waals surface area contributed by atoms with Crippen LogP contribution in [0.5, 0.6) is 0 Å². The molecule has 1 rings (SSSR count). The molecule has 0 fully saturated rings. The third kappa shape index (κ3) is 2.32. The Kier molecular flexibility index (Phi) is 3.12. The number of benzene rings is 1. The standard InChI is InChI=1S/C9H6BrClO2/c1-5(9(12)13)7-3-2-6(11)4-8(7)10/h2-4H,1H2,(H,12,13). The second kappa shape index (κ2) is 3.94. The fourth-order valence-corrected chi connectivity index (χ4v) is 1.77. The van der Waals surface area contributed by atoms with Crippen molar-refractivity contribution in [1.82, 2.24) is 0 Å². The van der Waals surface area contributed by atoms with Gasteiger partial charge < -0.3 is 5.11 Å². The summed E-state index contributed by atoms with van der Waals surface area (Å²) in [6.07, 6.45) is 0. The summed E-state index contributed by atoms with van der Waals surface area (Å²) in [6.45, 7) is 3.44. The Labute approximate surface area is 89.0 Å². The minimum absolute atomic E-state index is 0.0449. The van der Waals surface area contributed by atoms with E-state index in [0.717, 1.165) is 0 Å². The van der Waals surface area contributed by atoms with Crippen molar-refractivity contribution in [3.63, 3.8) is 0 Å². The molecule has 0 heterocycles. The van der Waals surface area contributed by atoms with Crippen LogP contribution in [0, 0.1) is 0 Å². The zero-order chi connectivity index (χ0) is 10.0. The van der Waals surface area contributed by atoms with Crippen molar-refractivity contribution in [3.8, 4) is 0 Å². The summed E-state index contributed by atoms with van der Waals surface area (Å²) in [6, 6.07) is 4.86. The van der Waals surface area contributed by atoms with Gasteiger partial charge in [0.05, 0.1) is 5.57 Å². The van der Waals surface area contributed by atoms with Gasteiger partial charge in [0.25, 0.3) is 0 Å². The predicted molar refractivity (Wildman–Crippen MR) is 55.8 cm³/mol. The SMILES string of the molecule is C=C(C(=O)O)c1ccc(Cl)cc1Br. The van der Waals surface area contributed by atoms with Gasteiger partial charge in [0, 0.05) is 15.1 Å². The number of halogens is 2. The van der Waals surface area contributed by atoms with Crippen LogP contribution >= 0.6 is 27.5 Å². The topological polar surface area (TPSA) is 37.3 Å². The van der Waals surface area contributed by atoms with Gasteiger partial charge in [0.1, 0.15) is 0 Å². The van der Waals surface area contributed by atoms with Gasteiger partial charge in [-0.25, -0.2) is 4.79 Å². The molecule has 0 aliphatic heterocycles. The summed E-state index contributed by atoms with van der Waals surface area (Å²) in [7, 11) is 0. The zero-order valence-corrected chi connectivity index (χ0v) is 8.89. The van der Waals surface area contributed by atoms with Crippen LogP contribution in [-0.2, 0) is 4.79 Å². The number of aliphatic carboxylic acids is 1. The normalized spacial score (nSPS) is 9.69. The molecule has 4 heteroatoms. The van der Waals surface area contributed by atoms with E-state index in [1.165, 1.54) is 0 Å². The van der Waals surface area contributed by atoms with Crippen molar-refractivity contribution < 1.29 is 9.90 Å². The summed E-state index contributed by atoms with van der Waals surface area (Å²) in [5, 5.41) is 9.23. The van der Waals surface area contributed by atoms with Crippen LogP contribution in [0.1, 0.15) is 5.56 Å². The maximum Gasteiger partial charge on any atom is 0.335 e. The van der Waals surface area contributed by atoms with E-state index in [1.807, 2.05) is 0 Å². The van der Waals surface area contributed by atoms with Crippen LogP contribution in [0.3, 0.4) is 0 Å². The second-order valence-corrected chi connectivity index (χ2v) is 3.70. The average molecular weight is 262 g/mol. The molecule has 1 N–H and O–H groups in total. The number of hydrogen-bond acceptors (Lipinski definition) is 1. The highest BCUT2D eigenvalue weighted by Crippen LogP contribution is 2.26. The van der Waals surface area contributed by atoms with Crippen molar-refractivity contribution in [2.24, 2.45) is 0 Å². The van der Waals surface area contributed by atoms with E-state index < -0.39 is 5.97 Å². The molecule has 0 saturated heterocycles. The van der Waals surface area contributed by atoms with E-state index in [2.05, 4.69) is 22.5 Å². The minimum atomic E-state index is -1.04. The third-order valence-electron chi connectivity index (χ3n) is 1.51. The summed E-state index contributed by atoms with van der Waals surface area (Å²) in [4.78, 5) is 10.6. The maximum absolute atomic E-state index is 10.6. The second-order valence-electron chi connectivity index (χ2n) is 2.41. The molecule has 0 atom stereocenters. The van der Waals surface area contributed by atoms with Crippen LogP contribution in [0.4, 0.5) is 0 Å². The fraction of sp³-hybridized carbons (Fsp3) is 0. The van der Waals surface area contributed by atoms with Crippen molar-refractivity contribution in [1.29, 1.82) is 0 Å². The lowest BCUT2D eigenvalue weighted by atomic mass is 10.1. The van der Waals surface area contributed by atoms with Crippen molar-refractivity contribution in [3.05, 3.63) is 39.8 Å². The van der Waals surface area contributed by atoms with Crippen LogP contribution in [0.25, 0.3) is 5.57 Å². The summed E-state index contributed by atoms with van der Waals surface area (Å²) < 4.78 is 0.632. The first-order valence-corrected chi connectivity index (χ1v) is 4.57. The molecule has 1 aromatic rings. The smallest absolute Gasteiger partial charge is 0.335 e. The fourth-order valence-electron chi connectivity index (χ4n) is 0.849. The maximum atomic E-state index is 10.6. The van der Waals surface area contributed by atoms with Gasteiger partial charge in [0.15, 0.2) is 0 Å². The third-order valence-corrected chi connectivity index (χ3v) is 2.41. The molecule has 0 amide bonds.